The summed E-state index contributed by atoms with van der Waals surface area (Å²) in [4.78, 5) is 19.1. The van der Waals surface area contributed by atoms with E-state index in [-0.39, 0.29) is 12.5 Å². The van der Waals surface area contributed by atoms with Crippen LogP contribution in [0.25, 0.3) is 0 Å². The van der Waals surface area contributed by atoms with Crippen LogP contribution >= 0.6 is 0 Å². The van der Waals surface area contributed by atoms with Gasteiger partial charge < -0.3 is 10.0 Å². The molecule has 0 aliphatic heterocycles. The minimum absolute atomic E-state index is 0.147. The third kappa shape index (κ3) is 3.97. The molecule has 2 N–H and O–H groups in total. The minimum atomic E-state index is -0.762. The van der Waals surface area contributed by atoms with Gasteiger partial charge >= 0.3 is 0 Å². The summed E-state index contributed by atoms with van der Waals surface area (Å²) in [5, 5.41) is 18.1. The van der Waals surface area contributed by atoms with E-state index < -0.39 is 6.10 Å². The quantitative estimate of drug-likeness (QED) is 0.693. The van der Waals surface area contributed by atoms with Crippen molar-refractivity contribution in [2.75, 3.05) is 6.54 Å². The lowest BCUT2D eigenvalue weighted by Crippen LogP contribution is -2.35. The Morgan fingerprint density at radius 3 is 2.64 bits per heavy atom. The van der Waals surface area contributed by atoms with Crippen molar-refractivity contribution >= 4 is 5.91 Å². The lowest BCUT2D eigenvalue weighted by atomic mass is 9.95. The van der Waals surface area contributed by atoms with Gasteiger partial charge in [0.05, 0.1) is 12.6 Å². The second-order valence-corrected chi connectivity index (χ2v) is 7.20. The smallest absolute Gasteiger partial charge is 0.275 e. The number of nitrogens with one attached hydrogen (secondary N) is 1. The van der Waals surface area contributed by atoms with Gasteiger partial charge in [0.2, 0.25) is 0 Å². The molecule has 6 heteroatoms. The van der Waals surface area contributed by atoms with Gasteiger partial charge in [0.1, 0.15) is 0 Å². The van der Waals surface area contributed by atoms with Crippen LogP contribution in [0.4, 0.5) is 0 Å². The summed E-state index contributed by atoms with van der Waals surface area (Å²) < 4.78 is 0. The molecule has 1 amide bonds. The predicted octanol–water partition coefficient (Wildman–Crippen LogP) is 3.06. The molecule has 0 saturated heterocycles. The number of hydrogen-bond acceptors (Lipinski definition) is 4. The molecule has 1 aliphatic carbocycles. The van der Waals surface area contributed by atoms with Gasteiger partial charge in [-0.15, -0.1) is 0 Å². The van der Waals surface area contributed by atoms with E-state index in [4.69, 9.17) is 0 Å². The highest BCUT2D eigenvalue weighted by Crippen LogP contribution is 2.24. The average molecular weight is 376 g/mol. The van der Waals surface area contributed by atoms with Crippen LogP contribution in [-0.2, 0) is 19.4 Å². The summed E-state index contributed by atoms with van der Waals surface area (Å²) in [5.41, 5.74) is 4.35. The van der Waals surface area contributed by atoms with Crippen molar-refractivity contribution < 1.29 is 9.90 Å². The van der Waals surface area contributed by atoms with Gasteiger partial charge in [-0.25, -0.2) is 0 Å². The second kappa shape index (κ2) is 8.35. The number of hydrogen-bond donors (Lipinski definition) is 2. The first-order valence-electron chi connectivity index (χ1n) is 9.69. The van der Waals surface area contributed by atoms with Gasteiger partial charge in [0.25, 0.3) is 5.91 Å². The number of aliphatic hydroxyl groups excluding tert-OH is 1. The predicted molar refractivity (Wildman–Crippen MR) is 106 cm³/mol. The fourth-order valence-corrected chi connectivity index (χ4v) is 3.72. The molecule has 0 saturated carbocycles. The lowest BCUT2D eigenvalue weighted by molar-refractivity contribution is 0.0597. The number of aromatic amines is 1. The molecule has 28 heavy (non-hydrogen) atoms. The Hall–Kier alpha value is -2.99. The number of aliphatic hydroxyl groups is 1. The second-order valence-electron chi connectivity index (χ2n) is 7.20. The van der Waals surface area contributed by atoms with Gasteiger partial charge in [0.15, 0.2) is 5.69 Å². The van der Waals surface area contributed by atoms with Crippen molar-refractivity contribution in [2.24, 2.45) is 0 Å². The summed E-state index contributed by atoms with van der Waals surface area (Å²) in [5.74, 6) is -0.147. The molecule has 1 unspecified atom stereocenters. The fraction of sp³-hybridized carbons (Fsp3) is 0.318. The largest absolute Gasteiger partial charge is 0.387 e. The van der Waals surface area contributed by atoms with E-state index in [0.717, 1.165) is 48.1 Å². The number of nitrogens with zero attached hydrogens (tertiary/aromatic N) is 3. The number of benzene rings is 1. The average Bonchev–Trinajstić information content (AvgIpc) is 3.18. The van der Waals surface area contributed by atoms with Crippen molar-refractivity contribution in [3.63, 3.8) is 0 Å². The molecule has 3 aromatic rings. The van der Waals surface area contributed by atoms with Crippen LogP contribution in [0.3, 0.4) is 0 Å². The number of H-pyrrole nitrogens is 1. The number of rotatable bonds is 6. The molecular weight excluding hydrogens is 352 g/mol. The van der Waals surface area contributed by atoms with Crippen molar-refractivity contribution in [3.05, 3.63) is 82.9 Å². The number of amides is 1. The third-order valence-corrected chi connectivity index (χ3v) is 5.25. The van der Waals surface area contributed by atoms with Crippen LogP contribution in [0.15, 0.2) is 54.9 Å². The summed E-state index contributed by atoms with van der Waals surface area (Å²) >= 11 is 0. The van der Waals surface area contributed by atoms with Crippen LogP contribution in [-0.4, -0.2) is 37.6 Å². The van der Waals surface area contributed by atoms with E-state index in [1.807, 2.05) is 42.5 Å². The SMILES string of the molecule is O=C(c1n[nH]c2c1CCCC2)N(Cc1ccncc1)CC(O)c1ccccc1. The van der Waals surface area contributed by atoms with Crippen molar-refractivity contribution in [1.29, 1.82) is 0 Å². The summed E-state index contributed by atoms with van der Waals surface area (Å²) in [6.45, 7) is 0.597. The molecule has 1 aromatic carbocycles. The van der Waals surface area contributed by atoms with Crippen LogP contribution in [0.1, 0.15) is 51.8 Å². The maximum Gasteiger partial charge on any atom is 0.275 e. The maximum absolute atomic E-state index is 13.4. The molecule has 1 atom stereocenters. The number of pyridine rings is 1. The highest BCUT2D eigenvalue weighted by Gasteiger charge is 2.27. The van der Waals surface area contributed by atoms with Gasteiger partial charge in [-0.3, -0.25) is 14.9 Å². The van der Waals surface area contributed by atoms with E-state index in [1.54, 1.807) is 17.3 Å². The molecule has 144 valence electrons. The van der Waals surface area contributed by atoms with Gasteiger partial charge in [-0.2, -0.15) is 5.10 Å². The Bertz CT molecular complexity index is 924. The summed E-state index contributed by atoms with van der Waals surface area (Å²) in [6.07, 6.45) is 6.66. The first-order valence-corrected chi connectivity index (χ1v) is 9.69. The zero-order chi connectivity index (χ0) is 19.3. The summed E-state index contributed by atoms with van der Waals surface area (Å²) in [7, 11) is 0. The monoisotopic (exact) mass is 376 g/mol. The van der Waals surface area contributed by atoms with Gasteiger partial charge in [0, 0.05) is 30.2 Å². The molecule has 2 heterocycles. The number of fused-ring (bicyclic) bond motifs is 1. The first kappa shape index (κ1) is 18.4. The summed E-state index contributed by atoms with van der Waals surface area (Å²) in [6, 6.07) is 13.2. The van der Waals surface area contributed by atoms with Crippen LogP contribution < -0.4 is 0 Å². The molecule has 2 aromatic heterocycles. The first-order chi connectivity index (χ1) is 13.7. The van der Waals surface area contributed by atoms with E-state index in [0.29, 0.717) is 12.2 Å². The topological polar surface area (TPSA) is 82.1 Å². The zero-order valence-electron chi connectivity index (χ0n) is 15.7. The molecule has 0 bridgehead atoms. The van der Waals surface area contributed by atoms with Crippen LogP contribution in [0.5, 0.6) is 0 Å². The van der Waals surface area contributed by atoms with Gasteiger partial charge in [-0.05, 0) is 48.9 Å². The van der Waals surface area contributed by atoms with E-state index in [9.17, 15) is 9.90 Å². The highest BCUT2D eigenvalue weighted by molar-refractivity contribution is 5.94. The maximum atomic E-state index is 13.4. The number of aromatic nitrogens is 3. The molecule has 0 fully saturated rings. The van der Waals surface area contributed by atoms with Crippen LogP contribution in [0, 0.1) is 0 Å². The Labute approximate surface area is 164 Å². The third-order valence-electron chi connectivity index (χ3n) is 5.25. The van der Waals surface area contributed by atoms with E-state index in [1.165, 1.54) is 0 Å². The zero-order valence-corrected chi connectivity index (χ0v) is 15.7. The van der Waals surface area contributed by atoms with E-state index in [2.05, 4.69) is 15.2 Å². The van der Waals surface area contributed by atoms with Crippen molar-refractivity contribution in [3.8, 4) is 0 Å². The van der Waals surface area contributed by atoms with Gasteiger partial charge in [-0.1, -0.05) is 30.3 Å². The molecule has 0 spiro atoms. The minimum Gasteiger partial charge on any atom is -0.387 e. The standard InChI is InChI=1S/C22H24N4O2/c27-20(17-6-2-1-3-7-17)15-26(14-16-10-12-23-13-11-16)22(28)21-18-8-4-5-9-19(18)24-25-21/h1-3,6-7,10-13,20,27H,4-5,8-9,14-15H2,(H,24,25). The number of carbonyl (C=O) groups is 1. The molecular formula is C22H24N4O2. The normalized spacial score (nSPS) is 14.3. The molecule has 6 nitrogen and oxygen atoms in total. The lowest BCUT2D eigenvalue weighted by Gasteiger charge is -2.26. The van der Waals surface area contributed by atoms with Crippen molar-refractivity contribution in [1.82, 2.24) is 20.1 Å². The van der Waals surface area contributed by atoms with Crippen LogP contribution in [0.2, 0.25) is 0 Å². The number of carbonyl (C=O) groups excluding carboxylic acids is 1. The van der Waals surface area contributed by atoms with Crippen molar-refractivity contribution in [2.45, 2.75) is 38.3 Å². The van der Waals surface area contributed by atoms with E-state index >= 15 is 0 Å². The Morgan fingerprint density at radius 2 is 1.86 bits per heavy atom. The molecule has 1 aliphatic rings. The Kier molecular flexibility index (Phi) is 5.48. The molecule has 4 rings (SSSR count). The highest BCUT2D eigenvalue weighted by atomic mass is 16.3. The fourth-order valence-electron chi connectivity index (χ4n) is 3.72. The number of aryl methyl sites for hydroxylation is 1. The molecule has 0 radical (unpaired) electrons. The Morgan fingerprint density at radius 1 is 1.11 bits per heavy atom. The Balaban J connectivity index is 1.60.